The second-order valence-corrected chi connectivity index (χ2v) is 6.07. The average Bonchev–Trinajstić information content (AvgIpc) is 2.94. The quantitative estimate of drug-likeness (QED) is 0.768. The number of benzene rings is 1. The molecule has 2 fully saturated rings. The zero-order chi connectivity index (χ0) is 40.6. The Labute approximate surface area is 207 Å². The van der Waals surface area contributed by atoms with Crippen LogP contribution in [0.25, 0.3) is 0 Å². The van der Waals surface area contributed by atoms with E-state index >= 15 is 0 Å². The topological polar surface area (TPSA) is 38.8 Å². The number of carbonyl (C=O) groups is 1. The van der Waals surface area contributed by atoms with Gasteiger partial charge in [0.05, 0.1) is 17.6 Å². The molecule has 6 heteroatoms. The second-order valence-electron chi connectivity index (χ2n) is 5.69. The maximum atomic E-state index is 12.8. The lowest BCUT2D eigenvalue weighted by Gasteiger charge is -2.37. The van der Waals surface area contributed by atoms with Gasteiger partial charge in [0, 0.05) is 70.7 Å². The smallest absolute Gasteiger partial charge is 0.317 e. The van der Waals surface area contributed by atoms with Crippen LogP contribution in [0.3, 0.4) is 0 Å². The molecule has 1 aliphatic carbocycles. The first-order chi connectivity index (χ1) is 22.2. The van der Waals surface area contributed by atoms with Gasteiger partial charge in [0.15, 0.2) is 0 Å². The number of nitrogens with one attached hydrogen (secondary N) is 1. The van der Waals surface area contributed by atoms with Crippen molar-refractivity contribution in [3.63, 3.8) is 0 Å². The molecule has 0 bridgehead atoms. The number of piperazine rings is 1. The highest BCUT2D eigenvalue weighted by Gasteiger charge is 2.24. The fraction of sp³-hybridized carbons (Fsp3) is 0.682. The molecule has 3 rings (SSSR count). The third kappa shape index (κ3) is 5.54. The van der Waals surface area contributed by atoms with E-state index < -0.39 is 99.9 Å². The van der Waals surface area contributed by atoms with Crippen LogP contribution in [0.5, 0.6) is 0 Å². The summed E-state index contributed by atoms with van der Waals surface area (Å²) < 4.78 is 196. The summed E-state index contributed by atoms with van der Waals surface area (Å²) in [6, 6.07) is -2.30. The van der Waals surface area contributed by atoms with E-state index in [0.717, 1.165) is 6.07 Å². The van der Waals surface area contributed by atoms with Crippen molar-refractivity contribution >= 4 is 23.3 Å². The molecule has 1 aromatic carbocycles. The largest absolute Gasteiger partial charge is 0.368 e. The molecular formula is C22H35ClN4O. The van der Waals surface area contributed by atoms with Crippen LogP contribution in [0.4, 0.5) is 10.5 Å². The van der Waals surface area contributed by atoms with E-state index in [1.807, 2.05) is 0 Å². The summed E-state index contributed by atoms with van der Waals surface area (Å²) in [5, 5.41) is 1.04. The summed E-state index contributed by atoms with van der Waals surface area (Å²) in [7, 11) is 0.613. The minimum atomic E-state index is -4.51. The Morgan fingerprint density at radius 1 is 1.36 bits per heavy atom. The Hall–Kier alpha value is -1.46. The molecule has 1 N–H and O–H groups in total. The van der Waals surface area contributed by atoms with Gasteiger partial charge in [0.1, 0.15) is 0 Å². The first kappa shape index (κ1) is 6.52. The lowest BCUT2D eigenvalue weighted by Crippen LogP contribution is -2.47. The van der Waals surface area contributed by atoms with Crippen molar-refractivity contribution in [2.24, 2.45) is 5.89 Å². The fourth-order valence-corrected chi connectivity index (χ4v) is 2.30. The Morgan fingerprint density at radius 3 is 2.75 bits per heavy atom. The number of carbonyl (C=O) groups excluding carboxylic acids is 1. The minimum Gasteiger partial charge on any atom is -0.368 e. The summed E-state index contributed by atoms with van der Waals surface area (Å²) in [5.41, 5.74) is -0.285. The Morgan fingerprint density at radius 2 is 2.07 bits per heavy atom. The van der Waals surface area contributed by atoms with Crippen molar-refractivity contribution in [2.45, 2.75) is 44.8 Å². The first-order valence-electron chi connectivity index (χ1n) is 19.6. The van der Waals surface area contributed by atoms with Gasteiger partial charge >= 0.3 is 6.03 Å². The van der Waals surface area contributed by atoms with Gasteiger partial charge in [-0.15, -0.1) is 0 Å². The predicted molar refractivity (Wildman–Crippen MR) is 117 cm³/mol. The molecule has 156 valence electrons. The number of halogens is 1. The van der Waals surface area contributed by atoms with Crippen LogP contribution in [0, 0.1) is 12.8 Å². The highest BCUT2D eigenvalue weighted by molar-refractivity contribution is 6.34. The first-order valence-corrected chi connectivity index (χ1v) is 8.45. The Bertz CT molecular complexity index is 1510. The maximum absolute atomic E-state index is 12.8. The molecule has 0 spiro atoms. The Kier molecular flexibility index (Phi) is 2.29. The van der Waals surface area contributed by atoms with Crippen molar-refractivity contribution in [3.05, 3.63) is 28.8 Å². The predicted octanol–water partition coefficient (Wildman–Crippen LogP) is 3.99. The summed E-state index contributed by atoms with van der Waals surface area (Å²) in [5.74, 6) is -4.51. The van der Waals surface area contributed by atoms with Crippen LogP contribution in [-0.4, -0.2) is 68.4 Å². The highest BCUT2D eigenvalue weighted by Crippen LogP contribution is 2.30. The molecule has 0 radical (unpaired) electrons. The van der Waals surface area contributed by atoms with E-state index in [9.17, 15) is 4.79 Å². The molecule has 0 atom stereocenters. The number of nitrogens with zero attached hydrogens (tertiary/aromatic N) is 3. The molecule has 1 saturated heterocycles. The maximum Gasteiger partial charge on any atom is 0.317 e. The van der Waals surface area contributed by atoms with Crippen LogP contribution in [0.1, 0.15) is 69.0 Å². The molecule has 1 aliphatic heterocycles. The molecule has 1 aromatic rings. The van der Waals surface area contributed by atoms with Gasteiger partial charge in [-0.25, -0.2) is 4.79 Å². The van der Waals surface area contributed by atoms with Gasteiger partial charge in [-0.2, -0.15) is 0 Å². The summed E-state index contributed by atoms with van der Waals surface area (Å²) in [6.45, 7) is -19.1. The number of hydrogen-bond donors (Lipinski definition) is 1. The molecule has 2 amide bonds. The van der Waals surface area contributed by atoms with Crippen molar-refractivity contribution in [1.29, 1.82) is 0 Å². The number of amides is 2. The molecular weight excluding hydrogens is 372 g/mol. The van der Waals surface area contributed by atoms with Gasteiger partial charge in [-0.1, -0.05) is 23.7 Å². The average molecular weight is 430 g/mol. The summed E-state index contributed by atoms with van der Waals surface area (Å²) in [6.07, 6.45) is -21.9. The van der Waals surface area contributed by atoms with Crippen LogP contribution in [0.15, 0.2) is 18.2 Å². The van der Waals surface area contributed by atoms with Gasteiger partial charge in [-0.05, 0) is 62.9 Å². The molecule has 5 nitrogen and oxygen atoms in total. The zero-order valence-electron chi connectivity index (χ0n) is 38.1. The number of urea groups is 1. The summed E-state index contributed by atoms with van der Waals surface area (Å²) >= 11 is 6.30. The molecule has 28 heavy (non-hydrogen) atoms. The summed E-state index contributed by atoms with van der Waals surface area (Å²) in [4.78, 5) is 12.3. The number of anilines is 1. The highest BCUT2D eigenvalue weighted by atomic mass is 35.5. The van der Waals surface area contributed by atoms with E-state index in [4.69, 9.17) is 43.1 Å². The van der Waals surface area contributed by atoms with Gasteiger partial charge < -0.3 is 15.1 Å². The number of rotatable bonds is 5. The van der Waals surface area contributed by atoms with Crippen LogP contribution >= 0.6 is 11.6 Å². The lowest BCUT2D eigenvalue weighted by atomic mass is 9.84. The van der Waals surface area contributed by atoms with E-state index in [-0.39, 0.29) is 20.4 Å². The van der Waals surface area contributed by atoms with Gasteiger partial charge in [0.25, 0.3) is 0 Å². The van der Waals surface area contributed by atoms with E-state index in [1.54, 1.807) is 0 Å². The van der Waals surface area contributed by atoms with Crippen molar-refractivity contribution < 1.29 is 36.3 Å². The third-order valence-corrected chi connectivity index (χ3v) is 4.07. The van der Waals surface area contributed by atoms with Gasteiger partial charge in [-0.3, -0.25) is 4.90 Å². The fourth-order valence-electron chi connectivity index (χ4n) is 2.09. The van der Waals surface area contributed by atoms with Gasteiger partial charge in [0.2, 0.25) is 0 Å². The van der Waals surface area contributed by atoms with Crippen LogP contribution in [0.2, 0.25) is 5.02 Å². The lowest BCUT2D eigenvalue weighted by molar-refractivity contribution is 0.194. The number of aryl methyl sites for hydroxylation is 1. The zero-order valence-corrected chi connectivity index (χ0v) is 15.8. The molecule has 0 unspecified atom stereocenters. The molecule has 1 heterocycles. The van der Waals surface area contributed by atoms with Crippen LogP contribution in [-0.2, 0) is 0 Å². The molecule has 2 aliphatic rings. The molecule has 1 saturated carbocycles. The minimum absolute atomic E-state index is 0.0433. The van der Waals surface area contributed by atoms with E-state index in [0.29, 0.717) is 7.05 Å². The van der Waals surface area contributed by atoms with Crippen LogP contribution < -0.4 is 10.2 Å². The third-order valence-electron chi connectivity index (χ3n) is 3.58. The van der Waals surface area contributed by atoms with Crippen molar-refractivity contribution in [3.8, 4) is 0 Å². The SMILES string of the molecule is [2H]C([2H])([2H])N(C)C(=O)NC1([2H])C([2H])([2H])C([2H])([2H])C([2H])(C([2H])([2H])CN2C([2H])([2H])C([2H])([2H])N(c3cccc(C)c3Cl)C([2H])([2H])C2([2H])[2H])C([2H])([2H])C1([2H])[2H]. The van der Waals surface area contributed by atoms with E-state index in [2.05, 4.69) is 0 Å². The molecule has 0 aromatic heterocycles. The second kappa shape index (κ2) is 9.84. The normalized spacial score (nSPS) is 56.2. The van der Waals surface area contributed by atoms with Crippen molar-refractivity contribution in [2.75, 3.05) is 51.5 Å². The standard InChI is InChI=1S/C22H35ClN4O/c1-17-5-4-6-20(21(17)23)27-15-13-26(14-16-27)12-11-18-7-9-19(10-8-18)24-22(28)25(2)3/h4-6,18-19H,7-16H2,1-3H3,(H,24,28)/i2D3,7D2,8D2,9D2,10D2,11D2,13D2,14D2,15D2,16D2,18D,19D. The van der Waals surface area contributed by atoms with E-state index in [1.165, 1.54) is 24.4 Å². The number of hydrogen-bond acceptors (Lipinski definition) is 3. The Balaban J connectivity index is 2.29. The van der Waals surface area contributed by atoms with Crippen molar-refractivity contribution in [1.82, 2.24) is 15.1 Å². The monoisotopic (exact) mass is 429 g/mol.